The summed E-state index contributed by atoms with van der Waals surface area (Å²) in [6.07, 6.45) is -5.11. The summed E-state index contributed by atoms with van der Waals surface area (Å²) >= 11 is 2.89. The van der Waals surface area contributed by atoms with E-state index in [1.54, 1.807) is 0 Å². The number of benzene rings is 1. The van der Waals surface area contributed by atoms with Gasteiger partial charge in [0.15, 0.2) is 9.84 Å². The van der Waals surface area contributed by atoms with E-state index < -0.39 is 48.0 Å². The van der Waals surface area contributed by atoms with Crippen LogP contribution < -0.4 is 10.9 Å². The fourth-order valence-electron chi connectivity index (χ4n) is 1.76. The predicted octanol–water partition coefficient (Wildman–Crippen LogP) is 1.89. The van der Waals surface area contributed by atoms with Gasteiger partial charge < -0.3 is 5.73 Å². The monoisotopic (exact) mass is 438 g/mol. The highest BCUT2D eigenvalue weighted by Gasteiger charge is 2.37. The lowest BCUT2D eigenvalue weighted by atomic mass is 10.2. The summed E-state index contributed by atoms with van der Waals surface area (Å²) in [7, 11) is -8.02. The molecule has 12 heteroatoms. The summed E-state index contributed by atoms with van der Waals surface area (Å²) in [6, 6.07) is 1.34. The zero-order valence-corrected chi connectivity index (χ0v) is 14.8. The fourth-order valence-corrected chi connectivity index (χ4v) is 4.47. The van der Waals surface area contributed by atoms with Crippen LogP contribution in [0.1, 0.15) is 18.4 Å². The van der Waals surface area contributed by atoms with Gasteiger partial charge in [-0.15, -0.1) is 0 Å². The van der Waals surface area contributed by atoms with Crippen LogP contribution in [0.5, 0.6) is 0 Å². The number of nitrogens with two attached hydrogens (primary N) is 2. The Hall–Kier alpha value is -0.850. The van der Waals surface area contributed by atoms with E-state index in [0.29, 0.717) is 6.07 Å². The average Bonchev–Trinajstić information content (AvgIpc) is 2.35. The normalized spacial score (nSPS) is 13.3. The van der Waals surface area contributed by atoms with Crippen LogP contribution in [-0.4, -0.2) is 28.3 Å². The number of rotatable bonds is 6. The van der Waals surface area contributed by atoms with E-state index in [2.05, 4.69) is 15.9 Å². The number of sulfonamides is 1. The third kappa shape index (κ3) is 5.94. The predicted molar refractivity (Wildman–Crippen MR) is 82.8 cm³/mol. The molecule has 0 saturated heterocycles. The van der Waals surface area contributed by atoms with Gasteiger partial charge in [-0.1, -0.05) is 0 Å². The van der Waals surface area contributed by atoms with Crippen molar-refractivity contribution in [3.05, 3.63) is 22.2 Å². The van der Waals surface area contributed by atoms with Gasteiger partial charge in [0.25, 0.3) is 0 Å². The number of hydrogen-bond acceptors (Lipinski definition) is 5. The molecule has 0 aliphatic carbocycles. The zero-order chi connectivity index (χ0) is 18.1. The van der Waals surface area contributed by atoms with E-state index >= 15 is 0 Å². The van der Waals surface area contributed by atoms with Crippen molar-refractivity contribution in [3.63, 3.8) is 0 Å². The third-order valence-corrected chi connectivity index (χ3v) is 6.21. The van der Waals surface area contributed by atoms with Crippen LogP contribution in [0.2, 0.25) is 0 Å². The van der Waals surface area contributed by atoms with Gasteiger partial charge in [-0.25, -0.2) is 22.0 Å². The summed E-state index contributed by atoms with van der Waals surface area (Å²) in [6.45, 7) is 0. The highest BCUT2D eigenvalue weighted by Crippen LogP contribution is 2.38. The van der Waals surface area contributed by atoms with Crippen molar-refractivity contribution in [3.8, 4) is 0 Å². The van der Waals surface area contributed by atoms with Crippen LogP contribution in [0.25, 0.3) is 0 Å². The molecular weight excluding hydrogens is 425 g/mol. The van der Waals surface area contributed by atoms with E-state index in [1.165, 1.54) is 0 Å². The molecule has 0 heterocycles. The highest BCUT2D eigenvalue weighted by atomic mass is 79.9. The maximum atomic E-state index is 13.0. The Morgan fingerprint density at radius 3 is 2.04 bits per heavy atom. The van der Waals surface area contributed by atoms with E-state index in [9.17, 15) is 30.0 Å². The van der Waals surface area contributed by atoms with Gasteiger partial charge in [0, 0.05) is 10.2 Å². The van der Waals surface area contributed by atoms with Crippen molar-refractivity contribution in [2.24, 2.45) is 5.14 Å². The summed E-state index contributed by atoms with van der Waals surface area (Å²) in [5, 5.41) is 4.77. The lowest BCUT2D eigenvalue weighted by molar-refractivity contribution is -0.139. The van der Waals surface area contributed by atoms with Crippen molar-refractivity contribution in [2.75, 3.05) is 17.2 Å². The third-order valence-electron chi connectivity index (χ3n) is 2.83. The molecule has 0 saturated carbocycles. The molecule has 0 bridgehead atoms. The van der Waals surface area contributed by atoms with Crippen molar-refractivity contribution >= 4 is 41.5 Å². The standard InChI is InChI=1S/C11H14BrF3N2O4S2/c12-8-6-10(7(5-9(8)16)11(13,14)15)22(18,19)3-1-2-4-23(17,20)21/h5-6H,1-4,16H2,(H2,17,20,21). The molecule has 6 nitrogen and oxygen atoms in total. The van der Waals surface area contributed by atoms with Crippen LogP contribution in [0.3, 0.4) is 0 Å². The Balaban J connectivity index is 3.11. The molecule has 0 spiro atoms. The first kappa shape index (κ1) is 20.2. The maximum absolute atomic E-state index is 13.0. The van der Waals surface area contributed by atoms with Gasteiger partial charge in [-0.3, -0.25) is 0 Å². The molecule has 1 aromatic carbocycles. The molecule has 1 rings (SSSR count). The van der Waals surface area contributed by atoms with E-state index in [4.69, 9.17) is 10.9 Å². The number of sulfone groups is 1. The van der Waals surface area contributed by atoms with Crippen LogP contribution in [0, 0.1) is 0 Å². The minimum Gasteiger partial charge on any atom is -0.398 e. The molecule has 0 aliphatic heterocycles. The molecular formula is C11H14BrF3N2O4S2. The topological polar surface area (TPSA) is 120 Å². The number of primary sulfonamides is 1. The summed E-state index contributed by atoms with van der Waals surface area (Å²) < 4.78 is 84.8. The highest BCUT2D eigenvalue weighted by molar-refractivity contribution is 9.10. The largest absolute Gasteiger partial charge is 0.417 e. The first-order valence-electron chi connectivity index (χ1n) is 6.13. The number of alkyl halides is 3. The lowest BCUT2D eigenvalue weighted by Crippen LogP contribution is -2.19. The van der Waals surface area contributed by atoms with Crippen LogP contribution in [0.15, 0.2) is 21.5 Å². The quantitative estimate of drug-likeness (QED) is 0.518. The smallest absolute Gasteiger partial charge is 0.398 e. The van der Waals surface area contributed by atoms with Crippen molar-refractivity contribution in [2.45, 2.75) is 23.9 Å². The van der Waals surface area contributed by atoms with Gasteiger partial charge in [0.2, 0.25) is 10.0 Å². The molecule has 132 valence electrons. The SMILES string of the molecule is Nc1cc(C(F)(F)F)c(S(=O)(=O)CCCCS(N)(=O)=O)cc1Br. The Morgan fingerprint density at radius 2 is 1.57 bits per heavy atom. The molecule has 0 amide bonds. The molecule has 1 aromatic rings. The molecule has 0 aliphatic rings. The first-order chi connectivity index (χ1) is 10.2. The van der Waals surface area contributed by atoms with E-state index in [-0.39, 0.29) is 23.0 Å². The second-order valence-electron chi connectivity index (χ2n) is 4.76. The Labute approximate surface area is 140 Å². The fraction of sp³-hybridized carbons (Fsp3) is 0.455. The average molecular weight is 439 g/mol. The number of halogens is 4. The van der Waals surface area contributed by atoms with Gasteiger partial charge in [0.05, 0.1) is 22.0 Å². The van der Waals surface area contributed by atoms with Gasteiger partial charge in [-0.2, -0.15) is 13.2 Å². The molecule has 0 unspecified atom stereocenters. The number of anilines is 1. The van der Waals surface area contributed by atoms with E-state index in [0.717, 1.165) is 6.07 Å². The number of hydrogen-bond donors (Lipinski definition) is 2. The zero-order valence-electron chi connectivity index (χ0n) is 11.6. The van der Waals surface area contributed by atoms with Crippen LogP contribution in [-0.2, 0) is 26.0 Å². The van der Waals surface area contributed by atoms with Crippen molar-refractivity contribution < 1.29 is 30.0 Å². The number of unbranched alkanes of at least 4 members (excludes halogenated alkanes) is 1. The summed E-state index contributed by atoms with van der Waals surface area (Å²) in [4.78, 5) is -0.901. The van der Waals surface area contributed by atoms with Crippen LogP contribution in [0.4, 0.5) is 18.9 Å². The molecule has 0 aromatic heterocycles. The number of nitrogen functional groups attached to an aromatic ring is 1. The Kier molecular flexibility index (Phi) is 6.10. The second kappa shape index (κ2) is 6.95. The second-order valence-corrected chi connectivity index (χ2v) is 9.43. The van der Waals surface area contributed by atoms with Gasteiger partial charge in [-0.05, 0) is 40.9 Å². The van der Waals surface area contributed by atoms with E-state index in [1.807, 2.05) is 0 Å². The summed E-state index contributed by atoms with van der Waals surface area (Å²) in [5.74, 6) is -1.08. The lowest BCUT2D eigenvalue weighted by Gasteiger charge is -2.15. The summed E-state index contributed by atoms with van der Waals surface area (Å²) in [5.41, 5.74) is 3.78. The Bertz CT molecular complexity index is 792. The molecule has 23 heavy (non-hydrogen) atoms. The molecule has 0 atom stereocenters. The maximum Gasteiger partial charge on any atom is 0.417 e. The molecule has 4 N–H and O–H groups in total. The Morgan fingerprint density at radius 1 is 1.04 bits per heavy atom. The first-order valence-corrected chi connectivity index (χ1v) is 10.3. The van der Waals surface area contributed by atoms with Crippen molar-refractivity contribution in [1.82, 2.24) is 0 Å². The van der Waals surface area contributed by atoms with Gasteiger partial charge >= 0.3 is 6.18 Å². The van der Waals surface area contributed by atoms with Crippen molar-refractivity contribution in [1.29, 1.82) is 0 Å². The van der Waals surface area contributed by atoms with Gasteiger partial charge in [0.1, 0.15) is 0 Å². The molecule has 0 fully saturated rings. The minimum atomic E-state index is -4.89. The molecule has 0 radical (unpaired) electrons. The van der Waals surface area contributed by atoms with Crippen LogP contribution >= 0.6 is 15.9 Å². The minimum absolute atomic E-state index is 0.0219.